The van der Waals surface area contributed by atoms with Gasteiger partial charge < -0.3 is 11.5 Å². The van der Waals surface area contributed by atoms with E-state index in [1.165, 1.54) is 6.42 Å². The van der Waals surface area contributed by atoms with Gasteiger partial charge in [-0.3, -0.25) is 0 Å². The van der Waals surface area contributed by atoms with E-state index in [4.69, 9.17) is 11.5 Å². The quantitative estimate of drug-likeness (QED) is 0.498. The molecule has 2 nitrogen and oxygen atoms in total. The summed E-state index contributed by atoms with van der Waals surface area (Å²) in [6, 6.07) is 0.523. The minimum absolute atomic E-state index is 0.258. The molecule has 0 saturated heterocycles. The van der Waals surface area contributed by atoms with Gasteiger partial charge >= 0.3 is 0 Å². The maximum Gasteiger partial charge on any atom is 0.0194 e. The van der Waals surface area contributed by atoms with E-state index in [1.54, 1.807) is 0 Å². The standard InChI is InChI=1S/C7H16N2/c1-5-2-3-6(8)7(9)4-5/h5-7H,2-4,8-9H2,1H3/t5?,6-,7-/m1/s1. The van der Waals surface area contributed by atoms with Gasteiger partial charge in [0.15, 0.2) is 0 Å². The Morgan fingerprint density at radius 3 is 2.22 bits per heavy atom. The summed E-state index contributed by atoms with van der Waals surface area (Å²) in [6.45, 7) is 2.24. The molecule has 9 heavy (non-hydrogen) atoms. The van der Waals surface area contributed by atoms with E-state index in [0.717, 1.165) is 18.8 Å². The molecule has 4 N–H and O–H groups in total. The molecule has 0 amide bonds. The molecule has 0 aromatic rings. The molecule has 1 aliphatic rings. The van der Waals surface area contributed by atoms with E-state index in [9.17, 15) is 0 Å². The van der Waals surface area contributed by atoms with Crippen LogP contribution in [0.2, 0.25) is 0 Å². The summed E-state index contributed by atoms with van der Waals surface area (Å²) in [5, 5.41) is 0. The summed E-state index contributed by atoms with van der Waals surface area (Å²) in [7, 11) is 0. The highest BCUT2D eigenvalue weighted by molar-refractivity contribution is 4.83. The molecule has 0 spiro atoms. The van der Waals surface area contributed by atoms with Crippen molar-refractivity contribution in [3.05, 3.63) is 0 Å². The Morgan fingerprint density at radius 2 is 1.78 bits per heavy atom. The molecular weight excluding hydrogens is 112 g/mol. The monoisotopic (exact) mass is 128 g/mol. The van der Waals surface area contributed by atoms with E-state index >= 15 is 0 Å². The van der Waals surface area contributed by atoms with Crippen molar-refractivity contribution < 1.29 is 0 Å². The van der Waals surface area contributed by atoms with Crippen molar-refractivity contribution in [2.75, 3.05) is 0 Å². The Kier molecular flexibility index (Phi) is 2.09. The van der Waals surface area contributed by atoms with Crippen molar-refractivity contribution in [2.24, 2.45) is 17.4 Å². The molecule has 54 valence electrons. The van der Waals surface area contributed by atoms with Gasteiger partial charge in [0.1, 0.15) is 0 Å². The van der Waals surface area contributed by atoms with Gasteiger partial charge in [0.2, 0.25) is 0 Å². The van der Waals surface area contributed by atoms with Gasteiger partial charge in [-0.05, 0) is 25.2 Å². The average Bonchev–Trinajstić information content (AvgIpc) is 1.80. The first-order valence-electron chi connectivity index (χ1n) is 3.71. The van der Waals surface area contributed by atoms with Crippen LogP contribution < -0.4 is 11.5 Å². The molecule has 1 saturated carbocycles. The van der Waals surface area contributed by atoms with Gasteiger partial charge in [-0.1, -0.05) is 6.92 Å². The second-order valence-electron chi connectivity index (χ2n) is 3.25. The lowest BCUT2D eigenvalue weighted by Gasteiger charge is -2.29. The summed E-state index contributed by atoms with van der Waals surface area (Å²) in [4.78, 5) is 0. The number of hydrogen-bond donors (Lipinski definition) is 2. The van der Waals surface area contributed by atoms with E-state index < -0.39 is 0 Å². The van der Waals surface area contributed by atoms with Crippen LogP contribution in [0.5, 0.6) is 0 Å². The molecule has 1 rings (SSSR count). The third-order valence-corrected chi connectivity index (χ3v) is 2.22. The molecule has 0 aromatic carbocycles. The van der Waals surface area contributed by atoms with Crippen LogP contribution in [0.3, 0.4) is 0 Å². The largest absolute Gasteiger partial charge is 0.326 e. The zero-order valence-electron chi connectivity index (χ0n) is 6.01. The molecule has 2 heteroatoms. The lowest BCUT2D eigenvalue weighted by molar-refractivity contribution is 0.307. The lowest BCUT2D eigenvalue weighted by atomic mass is 9.84. The summed E-state index contributed by atoms with van der Waals surface area (Å²) in [5.41, 5.74) is 11.5. The van der Waals surface area contributed by atoms with Gasteiger partial charge in [0.25, 0.3) is 0 Å². The van der Waals surface area contributed by atoms with Gasteiger partial charge in [0, 0.05) is 12.1 Å². The zero-order valence-corrected chi connectivity index (χ0v) is 6.01. The Bertz CT molecular complexity index is 92.9. The first-order chi connectivity index (χ1) is 4.20. The summed E-state index contributed by atoms with van der Waals surface area (Å²) in [5.74, 6) is 0.791. The molecule has 0 aliphatic heterocycles. The minimum atomic E-state index is 0.258. The number of nitrogens with two attached hydrogens (primary N) is 2. The topological polar surface area (TPSA) is 52.0 Å². The third-order valence-electron chi connectivity index (χ3n) is 2.22. The molecule has 0 bridgehead atoms. The van der Waals surface area contributed by atoms with Crippen LogP contribution in [0.1, 0.15) is 26.2 Å². The normalized spacial score (nSPS) is 45.0. The van der Waals surface area contributed by atoms with Crippen LogP contribution in [-0.2, 0) is 0 Å². The fourth-order valence-electron chi connectivity index (χ4n) is 1.45. The van der Waals surface area contributed by atoms with Crippen LogP contribution in [0, 0.1) is 5.92 Å². The Morgan fingerprint density at radius 1 is 1.11 bits per heavy atom. The van der Waals surface area contributed by atoms with Gasteiger partial charge in [-0.2, -0.15) is 0 Å². The van der Waals surface area contributed by atoms with E-state index in [0.29, 0.717) is 0 Å². The van der Waals surface area contributed by atoms with Gasteiger partial charge in [-0.15, -0.1) is 0 Å². The first kappa shape index (κ1) is 7.03. The van der Waals surface area contributed by atoms with E-state index in [1.807, 2.05) is 0 Å². The molecule has 0 radical (unpaired) electrons. The van der Waals surface area contributed by atoms with Crippen LogP contribution in [-0.4, -0.2) is 12.1 Å². The molecule has 0 heterocycles. The van der Waals surface area contributed by atoms with Crippen molar-refractivity contribution in [1.82, 2.24) is 0 Å². The molecular formula is C7H16N2. The van der Waals surface area contributed by atoms with Crippen LogP contribution >= 0.6 is 0 Å². The highest BCUT2D eigenvalue weighted by Crippen LogP contribution is 2.21. The van der Waals surface area contributed by atoms with Crippen molar-refractivity contribution >= 4 is 0 Å². The molecule has 0 aromatic heterocycles. The summed E-state index contributed by atoms with van der Waals surface area (Å²) < 4.78 is 0. The predicted octanol–water partition coefficient (Wildman–Crippen LogP) is 0.461. The highest BCUT2D eigenvalue weighted by atomic mass is 14.8. The van der Waals surface area contributed by atoms with Gasteiger partial charge in [0.05, 0.1) is 0 Å². The zero-order chi connectivity index (χ0) is 6.85. The number of rotatable bonds is 0. The molecule has 1 unspecified atom stereocenters. The molecule has 1 aliphatic carbocycles. The van der Waals surface area contributed by atoms with E-state index in [-0.39, 0.29) is 12.1 Å². The second-order valence-corrected chi connectivity index (χ2v) is 3.25. The average molecular weight is 128 g/mol. The fourth-order valence-corrected chi connectivity index (χ4v) is 1.45. The summed E-state index contributed by atoms with van der Waals surface area (Å²) in [6.07, 6.45) is 3.48. The third kappa shape index (κ3) is 1.66. The Balaban J connectivity index is 2.35. The number of hydrogen-bond acceptors (Lipinski definition) is 2. The van der Waals surface area contributed by atoms with Crippen molar-refractivity contribution in [2.45, 2.75) is 38.3 Å². The predicted molar refractivity (Wildman–Crippen MR) is 39.0 cm³/mol. The van der Waals surface area contributed by atoms with Gasteiger partial charge in [-0.25, -0.2) is 0 Å². The van der Waals surface area contributed by atoms with E-state index in [2.05, 4.69) is 6.92 Å². The second kappa shape index (κ2) is 2.67. The highest BCUT2D eigenvalue weighted by Gasteiger charge is 2.21. The summed E-state index contributed by atoms with van der Waals surface area (Å²) >= 11 is 0. The minimum Gasteiger partial charge on any atom is -0.326 e. The van der Waals surface area contributed by atoms with Crippen LogP contribution in [0.4, 0.5) is 0 Å². The molecule has 1 fully saturated rings. The van der Waals surface area contributed by atoms with Crippen molar-refractivity contribution in [1.29, 1.82) is 0 Å². The van der Waals surface area contributed by atoms with Crippen molar-refractivity contribution in [3.63, 3.8) is 0 Å². The first-order valence-corrected chi connectivity index (χ1v) is 3.71. The maximum absolute atomic E-state index is 5.74. The Hall–Kier alpha value is -0.0800. The lowest BCUT2D eigenvalue weighted by Crippen LogP contribution is -2.45. The smallest absolute Gasteiger partial charge is 0.0194 e. The van der Waals surface area contributed by atoms with Crippen molar-refractivity contribution in [3.8, 4) is 0 Å². The fraction of sp³-hybridized carbons (Fsp3) is 1.00. The maximum atomic E-state index is 5.74. The van der Waals surface area contributed by atoms with Crippen LogP contribution in [0.25, 0.3) is 0 Å². The van der Waals surface area contributed by atoms with Crippen LogP contribution in [0.15, 0.2) is 0 Å². The SMILES string of the molecule is CC1CC[C@@H](N)[C@H](N)C1. The molecule has 3 atom stereocenters. The Labute approximate surface area is 56.6 Å².